The van der Waals surface area contributed by atoms with Gasteiger partial charge in [-0.1, -0.05) is 11.6 Å². The van der Waals surface area contributed by atoms with E-state index in [1.807, 2.05) is 0 Å². The van der Waals surface area contributed by atoms with Gasteiger partial charge in [-0.05, 0) is 56.8 Å². The molecule has 2 nitrogen and oxygen atoms in total. The summed E-state index contributed by atoms with van der Waals surface area (Å²) in [6, 6.07) is 4.29. The molecule has 0 radical (unpaired) electrons. The molecule has 1 unspecified atom stereocenters. The summed E-state index contributed by atoms with van der Waals surface area (Å²) in [7, 11) is 0. The van der Waals surface area contributed by atoms with Crippen LogP contribution in [0.15, 0.2) is 18.2 Å². The van der Waals surface area contributed by atoms with Gasteiger partial charge in [0.05, 0.1) is 6.61 Å². The number of rotatable bonds is 6. The average Bonchev–Trinajstić information content (AvgIpc) is 2.80. The molecule has 0 aromatic heterocycles. The molecule has 1 saturated heterocycles. The zero-order chi connectivity index (χ0) is 12.8. The Labute approximate surface area is 112 Å². The Morgan fingerprint density at radius 1 is 1.33 bits per heavy atom. The number of unbranched alkanes of at least 4 members (excludes halogenated alkanes) is 1. The average molecular weight is 272 g/mol. The van der Waals surface area contributed by atoms with E-state index >= 15 is 0 Å². The molecule has 100 valence electrons. The fourth-order valence-corrected chi connectivity index (χ4v) is 2.51. The number of hydrogen-bond donors (Lipinski definition) is 1. The molecule has 1 fully saturated rings. The summed E-state index contributed by atoms with van der Waals surface area (Å²) >= 11 is 5.75. The second-order valence-electron chi connectivity index (χ2n) is 4.81. The van der Waals surface area contributed by atoms with Crippen LogP contribution in [0, 0.1) is 11.7 Å². The largest absolute Gasteiger partial charge is 0.493 e. The summed E-state index contributed by atoms with van der Waals surface area (Å²) in [5, 5.41) is 3.74. The van der Waals surface area contributed by atoms with Crippen LogP contribution in [0.3, 0.4) is 0 Å². The molecule has 0 aliphatic carbocycles. The fourth-order valence-electron chi connectivity index (χ4n) is 2.30. The van der Waals surface area contributed by atoms with Gasteiger partial charge in [0.25, 0.3) is 0 Å². The van der Waals surface area contributed by atoms with Crippen LogP contribution in [0.4, 0.5) is 4.39 Å². The third kappa shape index (κ3) is 4.46. The third-order valence-corrected chi connectivity index (χ3v) is 3.49. The summed E-state index contributed by atoms with van der Waals surface area (Å²) in [4.78, 5) is 0. The Balaban J connectivity index is 1.62. The van der Waals surface area contributed by atoms with Crippen LogP contribution < -0.4 is 10.1 Å². The molecule has 1 aliphatic rings. The maximum absolute atomic E-state index is 13.0. The van der Waals surface area contributed by atoms with Gasteiger partial charge in [0.1, 0.15) is 11.6 Å². The van der Waals surface area contributed by atoms with E-state index in [1.54, 1.807) is 6.07 Å². The van der Waals surface area contributed by atoms with Gasteiger partial charge in [-0.2, -0.15) is 0 Å². The molecule has 0 bridgehead atoms. The van der Waals surface area contributed by atoms with Crippen LogP contribution in [0.1, 0.15) is 25.7 Å². The first kappa shape index (κ1) is 13.6. The highest BCUT2D eigenvalue weighted by Crippen LogP contribution is 2.21. The molecule has 1 aromatic rings. The van der Waals surface area contributed by atoms with Gasteiger partial charge >= 0.3 is 0 Å². The van der Waals surface area contributed by atoms with E-state index in [4.69, 9.17) is 16.3 Å². The molecule has 4 heteroatoms. The summed E-state index contributed by atoms with van der Waals surface area (Å²) in [5.74, 6) is 0.991. The molecular weight excluding hydrogens is 253 g/mol. The van der Waals surface area contributed by atoms with E-state index < -0.39 is 0 Å². The highest BCUT2D eigenvalue weighted by molar-refractivity contribution is 6.30. The Kier molecular flexibility index (Phi) is 5.26. The number of ether oxygens (including phenoxy) is 1. The minimum atomic E-state index is -0.352. The van der Waals surface area contributed by atoms with Crippen molar-refractivity contribution in [3.05, 3.63) is 29.0 Å². The lowest BCUT2D eigenvalue weighted by Gasteiger charge is -2.09. The topological polar surface area (TPSA) is 21.3 Å². The van der Waals surface area contributed by atoms with E-state index in [1.165, 1.54) is 25.0 Å². The normalized spacial score (nSPS) is 19.1. The second kappa shape index (κ2) is 6.95. The quantitative estimate of drug-likeness (QED) is 0.798. The van der Waals surface area contributed by atoms with Crippen molar-refractivity contribution in [2.24, 2.45) is 5.92 Å². The smallest absolute Gasteiger partial charge is 0.128 e. The van der Waals surface area contributed by atoms with Crippen LogP contribution in [-0.4, -0.2) is 19.7 Å². The predicted molar refractivity (Wildman–Crippen MR) is 71.7 cm³/mol. The molecule has 0 saturated carbocycles. The Morgan fingerprint density at radius 3 is 2.94 bits per heavy atom. The number of hydrogen-bond acceptors (Lipinski definition) is 2. The highest BCUT2D eigenvalue weighted by atomic mass is 35.5. The van der Waals surface area contributed by atoms with E-state index in [2.05, 4.69) is 5.32 Å². The molecule has 0 spiro atoms. The zero-order valence-corrected chi connectivity index (χ0v) is 11.2. The van der Waals surface area contributed by atoms with Crippen molar-refractivity contribution in [3.63, 3.8) is 0 Å². The molecule has 1 aromatic carbocycles. The van der Waals surface area contributed by atoms with Gasteiger partial charge in [0.2, 0.25) is 0 Å². The standard InChI is InChI=1S/C14H19ClFNO/c15-12-7-13(16)9-14(8-12)18-6-2-1-3-11-4-5-17-10-11/h7-9,11,17H,1-6,10H2. The van der Waals surface area contributed by atoms with Gasteiger partial charge in [-0.25, -0.2) is 4.39 Å². The molecule has 18 heavy (non-hydrogen) atoms. The van der Waals surface area contributed by atoms with Crippen LogP contribution in [-0.2, 0) is 0 Å². The molecule has 1 atom stereocenters. The van der Waals surface area contributed by atoms with Gasteiger partial charge in [-0.3, -0.25) is 0 Å². The number of nitrogens with one attached hydrogen (secondary N) is 1. The lowest BCUT2D eigenvalue weighted by molar-refractivity contribution is 0.299. The van der Waals surface area contributed by atoms with E-state index in [9.17, 15) is 4.39 Å². The lowest BCUT2D eigenvalue weighted by Crippen LogP contribution is -2.09. The first-order valence-electron chi connectivity index (χ1n) is 6.53. The van der Waals surface area contributed by atoms with Crippen molar-refractivity contribution in [3.8, 4) is 5.75 Å². The maximum atomic E-state index is 13.0. The van der Waals surface area contributed by atoms with Crippen LogP contribution in [0.2, 0.25) is 5.02 Å². The van der Waals surface area contributed by atoms with Crippen molar-refractivity contribution in [2.45, 2.75) is 25.7 Å². The Bertz CT molecular complexity index is 360. The number of benzene rings is 1. The monoisotopic (exact) mass is 271 g/mol. The summed E-state index contributed by atoms with van der Waals surface area (Å²) in [5.41, 5.74) is 0. The van der Waals surface area contributed by atoms with Gasteiger partial charge in [0, 0.05) is 11.1 Å². The third-order valence-electron chi connectivity index (χ3n) is 3.27. The van der Waals surface area contributed by atoms with Crippen LogP contribution >= 0.6 is 11.6 Å². The summed E-state index contributed by atoms with van der Waals surface area (Å²) in [6.45, 7) is 2.93. The molecule has 1 aliphatic heterocycles. The zero-order valence-electron chi connectivity index (χ0n) is 10.4. The fraction of sp³-hybridized carbons (Fsp3) is 0.571. The maximum Gasteiger partial charge on any atom is 0.128 e. The number of halogens is 2. The molecule has 0 amide bonds. The predicted octanol–water partition coefficient (Wildman–Crippen LogP) is 3.64. The summed E-state index contributed by atoms with van der Waals surface area (Å²) in [6.07, 6.45) is 4.71. The minimum Gasteiger partial charge on any atom is -0.493 e. The Hall–Kier alpha value is -0.800. The van der Waals surface area contributed by atoms with Gasteiger partial charge in [0.15, 0.2) is 0 Å². The molecule has 2 rings (SSSR count). The van der Waals surface area contributed by atoms with Gasteiger partial charge in [-0.15, -0.1) is 0 Å². The van der Waals surface area contributed by atoms with Crippen molar-refractivity contribution < 1.29 is 9.13 Å². The van der Waals surface area contributed by atoms with Crippen LogP contribution in [0.25, 0.3) is 0 Å². The molecular formula is C14H19ClFNO. The lowest BCUT2D eigenvalue weighted by atomic mass is 10.0. The second-order valence-corrected chi connectivity index (χ2v) is 5.24. The van der Waals surface area contributed by atoms with Crippen molar-refractivity contribution in [2.75, 3.05) is 19.7 Å². The van der Waals surface area contributed by atoms with Crippen molar-refractivity contribution in [1.29, 1.82) is 0 Å². The summed E-state index contributed by atoms with van der Waals surface area (Å²) < 4.78 is 18.5. The van der Waals surface area contributed by atoms with Crippen molar-refractivity contribution >= 4 is 11.6 Å². The first-order valence-corrected chi connectivity index (χ1v) is 6.91. The first-order chi connectivity index (χ1) is 8.74. The minimum absolute atomic E-state index is 0.352. The van der Waals surface area contributed by atoms with E-state index in [-0.39, 0.29) is 5.82 Å². The van der Waals surface area contributed by atoms with E-state index in [0.717, 1.165) is 31.8 Å². The SMILES string of the molecule is Fc1cc(Cl)cc(OCCCCC2CCNC2)c1. The molecule has 1 N–H and O–H groups in total. The highest BCUT2D eigenvalue weighted by Gasteiger charge is 2.13. The van der Waals surface area contributed by atoms with Crippen molar-refractivity contribution in [1.82, 2.24) is 5.32 Å². The van der Waals surface area contributed by atoms with Crippen LogP contribution in [0.5, 0.6) is 5.75 Å². The Morgan fingerprint density at radius 2 is 2.22 bits per heavy atom. The van der Waals surface area contributed by atoms with Gasteiger partial charge < -0.3 is 10.1 Å². The van der Waals surface area contributed by atoms with E-state index in [0.29, 0.717) is 17.4 Å². The molecule has 1 heterocycles.